The second-order valence-electron chi connectivity index (χ2n) is 4.54. The quantitative estimate of drug-likeness (QED) is 0.686. The van der Waals surface area contributed by atoms with Gasteiger partial charge in [0.15, 0.2) is 0 Å². The lowest BCUT2D eigenvalue weighted by Gasteiger charge is -2.15. The van der Waals surface area contributed by atoms with Crippen molar-refractivity contribution in [3.63, 3.8) is 0 Å². The number of esters is 2. The second kappa shape index (κ2) is 9.13. The SMILES string of the molecule is CCC(=O)OC(CC)COC(=O)CCc1ccccc1. The Morgan fingerprint density at radius 1 is 1.10 bits per heavy atom. The molecule has 0 aromatic heterocycles. The molecule has 0 saturated heterocycles. The molecule has 0 saturated carbocycles. The normalized spacial score (nSPS) is 11.7. The van der Waals surface area contributed by atoms with Gasteiger partial charge in [-0.1, -0.05) is 44.2 Å². The first-order chi connectivity index (χ1) is 9.65. The number of ether oxygens (including phenoxy) is 2. The van der Waals surface area contributed by atoms with Gasteiger partial charge in [0.2, 0.25) is 0 Å². The minimum absolute atomic E-state index is 0.135. The minimum atomic E-state index is -0.344. The first-order valence-electron chi connectivity index (χ1n) is 7.04. The van der Waals surface area contributed by atoms with Crippen LogP contribution in [0.3, 0.4) is 0 Å². The third-order valence-corrected chi connectivity index (χ3v) is 2.93. The Kier molecular flexibility index (Phi) is 7.40. The van der Waals surface area contributed by atoms with Crippen molar-refractivity contribution in [2.75, 3.05) is 6.61 Å². The summed E-state index contributed by atoms with van der Waals surface area (Å²) in [5.41, 5.74) is 1.11. The van der Waals surface area contributed by atoms with E-state index in [2.05, 4.69) is 0 Å². The van der Waals surface area contributed by atoms with Crippen LogP contribution in [-0.4, -0.2) is 24.6 Å². The zero-order valence-electron chi connectivity index (χ0n) is 12.1. The lowest BCUT2D eigenvalue weighted by Crippen LogP contribution is -2.24. The van der Waals surface area contributed by atoms with Crippen LogP contribution in [0.1, 0.15) is 38.7 Å². The van der Waals surface area contributed by atoms with Crippen molar-refractivity contribution in [1.82, 2.24) is 0 Å². The molecule has 1 atom stereocenters. The number of carbonyl (C=O) groups is 2. The summed E-state index contributed by atoms with van der Waals surface area (Å²) < 4.78 is 10.3. The van der Waals surface area contributed by atoms with E-state index in [4.69, 9.17) is 9.47 Å². The van der Waals surface area contributed by atoms with Gasteiger partial charge in [0, 0.05) is 12.8 Å². The minimum Gasteiger partial charge on any atom is -0.462 e. The number of rotatable bonds is 8. The second-order valence-corrected chi connectivity index (χ2v) is 4.54. The lowest BCUT2D eigenvalue weighted by molar-refractivity contribution is -0.159. The number of hydrogen-bond acceptors (Lipinski definition) is 4. The molecule has 1 aromatic carbocycles. The van der Waals surface area contributed by atoms with Crippen molar-refractivity contribution in [2.45, 2.75) is 45.6 Å². The maximum absolute atomic E-state index is 11.6. The molecule has 4 nitrogen and oxygen atoms in total. The highest BCUT2D eigenvalue weighted by molar-refractivity contribution is 5.70. The zero-order valence-corrected chi connectivity index (χ0v) is 12.1. The predicted octanol–water partition coefficient (Wildman–Crippen LogP) is 2.89. The topological polar surface area (TPSA) is 52.6 Å². The van der Waals surface area contributed by atoms with Crippen LogP contribution in [0.2, 0.25) is 0 Å². The highest BCUT2D eigenvalue weighted by Gasteiger charge is 2.14. The largest absolute Gasteiger partial charge is 0.462 e. The van der Waals surface area contributed by atoms with Gasteiger partial charge >= 0.3 is 11.9 Å². The van der Waals surface area contributed by atoms with Gasteiger partial charge < -0.3 is 9.47 Å². The van der Waals surface area contributed by atoms with Gasteiger partial charge in [-0.15, -0.1) is 0 Å². The molecule has 0 aliphatic rings. The van der Waals surface area contributed by atoms with Crippen molar-refractivity contribution in [2.24, 2.45) is 0 Å². The molecule has 1 aromatic rings. The van der Waals surface area contributed by atoms with Crippen molar-refractivity contribution >= 4 is 11.9 Å². The zero-order chi connectivity index (χ0) is 14.8. The van der Waals surface area contributed by atoms with Crippen molar-refractivity contribution < 1.29 is 19.1 Å². The van der Waals surface area contributed by atoms with Gasteiger partial charge in [-0.2, -0.15) is 0 Å². The maximum Gasteiger partial charge on any atom is 0.306 e. The van der Waals surface area contributed by atoms with Gasteiger partial charge in [0.05, 0.1) is 0 Å². The molecule has 0 N–H and O–H groups in total. The van der Waals surface area contributed by atoms with Crippen LogP contribution in [-0.2, 0) is 25.5 Å². The number of benzene rings is 1. The Morgan fingerprint density at radius 2 is 1.80 bits per heavy atom. The molecule has 4 heteroatoms. The standard InChI is InChI=1S/C16H22O4/c1-3-14(20-15(17)4-2)12-19-16(18)11-10-13-8-6-5-7-9-13/h5-9,14H,3-4,10-12H2,1-2H3. The van der Waals surface area contributed by atoms with E-state index < -0.39 is 0 Å². The van der Waals surface area contributed by atoms with E-state index >= 15 is 0 Å². The van der Waals surface area contributed by atoms with Crippen molar-refractivity contribution in [1.29, 1.82) is 0 Å². The Balaban J connectivity index is 2.26. The Hall–Kier alpha value is -1.84. The van der Waals surface area contributed by atoms with Crippen LogP contribution < -0.4 is 0 Å². The fourth-order valence-corrected chi connectivity index (χ4v) is 1.65. The molecule has 0 radical (unpaired) electrons. The van der Waals surface area contributed by atoms with Crippen LogP contribution in [0, 0.1) is 0 Å². The average Bonchev–Trinajstić information content (AvgIpc) is 2.50. The van der Waals surface area contributed by atoms with Gasteiger partial charge in [0.1, 0.15) is 12.7 Å². The van der Waals surface area contributed by atoms with E-state index in [-0.39, 0.29) is 24.6 Å². The molecule has 0 spiro atoms. The first kappa shape index (κ1) is 16.2. The van der Waals surface area contributed by atoms with Gasteiger partial charge in [-0.25, -0.2) is 0 Å². The summed E-state index contributed by atoms with van der Waals surface area (Å²) in [6.45, 7) is 3.77. The monoisotopic (exact) mass is 278 g/mol. The molecule has 0 bridgehead atoms. The third-order valence-electron chi connectivity index (χ3n) is 2.93. The van der Waals surface area contributed by atoms with E-state index in [1.165, 1.54) is 0 Å². The number of carbonyl (C=O) groups excluding carboxylic acids is 2. The molecule has 0 fully saturated rings. The third kappa shape index (κ3) is 6.36. The average molecular weight is 278 g/mol. The van der Waals surface area contributed by atoms with E-state index in [0.29, 0.717) is 25.7 Å². The van der Waals surface area contributed by atoms with Crippen molar-refractivity contribution in [3.8, 4) is 0 Å². The molecule has 1 rings (SSSR count). The smallest absolute Gasteiger partial charge is 0.306 e. The Morgan fingerprint density at radius 3 is 2.40 bits per heavy atom. The molecular formula is C16H22O4. The van der Waals surface area contributed by atoms with Crippen molar-refractivity contribution in [3.05, 3.63) is 35.9 Å². The van der Waals surface area contributed by atoms with Crippen LogP contribution >= 0.6 is 0 Å². The van der Waals surface area contributed by atoms with E-state index in [9.17, 15) is 9.59 Å². The highest BCUT2D eigenvalue weighted by atomic mass is 16.6. The summed E-state index contributed by atoms with van der Waals surface area (Å²) in [5.74, 6) is -0.531. The van der Waals surface area contributed by atoms with Gasteiger partial charge in [0.25, 0.3) is 0 Å². The van der Waals surface area contributed by atoms with E-state index in [1.54, 1.807) is 6.92 Å². The Bertz CT molecular complexity index is 414. The molecule has 0 heterocycles. The van der Waals surface area contributed by atoms with E-state index in [1.807, 2.05) is 37.3 Å². The summed E-state index contributed by atoms with van der Waals surface area (Å²) in [4.78, 5) is 22.8. The molecule has 0 aliphatic carbocycles. The van der Waals surface area contributed by atoms with Crippen LogP contribution in [0.15, 0.2) is 30.3 Å². The molecule has 0 aliphatic heterocycles. The maximum atomic E-state index is 11.6. The predicted molar refractivity (Wildman–Crippen MR) is 76.2 cm³/mol. The fourth-order valence-electron chi connectivity index (χ4n) is 1.65. The van der Waals surface area contributed by atoms with Crippen LogP contribution in [0.5, 0.6) is 0 Å². The number of aryl methyl sites for hydroxylation is 1. The van der Waals surface area contributed by atoms with E-state index in [0.717, 1.165) is 5.56 Å². The summed E-state index contributed by atoms with van der Waals surface area (Å²) in [6, 6.07) is 9.78. The van der Waals surface area contributed by atoms with Crippen LogP contribution in [0.25, 0.3) is 0 Å². The lowest BCUT2D eigenvalue weighted by atomic mass is 10.1. The Labute approximate surface area is 120 Å². The molecule has 110 valence electrons. The molecular weight excluding hydrogens is 256 g/mol. The molecule has 1 unspecified atom stereocenters. The van der Waals surface area contributed by atoms with Gasteiger partial charge in [-0.3, -0.25) is 9.59 Å². The molecule has 20 heavy (non-hydrogen) atoms. The summed E-state index contributed by atoms with van der Waals surface area (Å²) in [7, 11) is 0. The highest BCUT2D eigenvalue weighted by Crippen LogP contribution is 2.05. The fraction of sp³-hybridized carbons (Fsp3) is 0.500. The summed E-state index contributed by atoms with van der Waals surface area (Å²) in [6.07, 6.45) is 1.62. The molecule has 0 amide bonds. The summed E-state index contributed by atoms with van der Waals surface area (Å²) >= 11 is 0. The van der Waals surface area contributed by atoms with Crippen LogP contribution in [0.4, 0.5) is 0 Å². The van der Waals surface area contributed by atoms with Gasteiger partial charge in [-0.05, 0) is 18.4 Å². The first-order valence-corrected chi connectivity index (χ1v) is 7.04. The summed E-state index contributed by atoms with van der Waals surface area (Å²) in [5, 5.41) is 0. The number of hydrogen-bond donors (Lipinski definition) is 0.